The van der Waals surface area contributed by atoms with E-state index in [1.54, 1.807) is 19.2 Å². The van der Waals surface area contributed by atoms with Crippen LogP contribution in [0.4, 0.5) is 8.78 Å². The van der Waals surface area contributed by atoms with Crippen molar-refractivity contribution in [1.82, 2.24) is 10.2 Å². The number of alkyl halides is 2. The Bertz CT molecular complexity index is 1590. The van der Waals surface area contributed by atoms with Gasteiger partial charge in [0.05, 0.1) is 12.1 Å². The number of methoxy groups -OCH3 is 1. The highest BCUT2D eigenvalue weighted by atomic mass is 35.5. The van der Waals surface area contributed by atoms with Crippen LogP contribution >= 0.6 is 22.9 Å². The maximum Gasteiger partial charge on any atom is 0.307 e. The van der Waals surface area contributed by atoms with Crippen molar-refractivity contribution >= 4 is 44.7 Å². The van der Waals surface area contributed by atoms with E-state index in [4.69, 9.17) is 16.3 Å². The maximum atomic E-state index is 14.2. The standard InChI is InChI=1S/C33H33ClF2N2O3S/c1-33(35,36)31(39)21-10-8-20(9-11-21)22-12-17-27(41-3)23(18-22)19-38(25-15-13-24(37-2)14-16-25)32(40)30-29(34)26-6-4-5-7-28(26)42-30/h4-12,17-18,24-25,37H,13-16,19H2,1-3H3. The summed E-state index contributed by atoms with van der Waals surface area (Å²) in [5.41, 5.74) is 2.35. The average Bonchev–Trinajstić information content (AvgIpc) is 3.35. The van der Waals surface area contributed by atoms with Crippen molar-refractivity contribution in [3.05, 3.63) is 87.8 Å². The van der Waals surface area contributed by atoms with Crippen LogP contribution in [0.15, 0.2) is 66.7 Å². The number of halogens is 3. The zero-order chi connectivity index (χ0) is 30.0. The Morgan fingerprint density at radius 1 is 1.02 bits per heavy atom. The Kier molecular flexibility index (Phi) is 8.97. The van der Waals surface area contributed by atoms with E-state index in [2.05, 4.69) is 5.32 Å². The van der Waals surface area contributed by atoms with Crippen molar-refractivity contribution in [3.63, 3.8) is 0 Å². The number of ketones is 1. The van der Waals surface area contributed by atoms with Crippen LogP contribution in [-0.4, -0.2) is 48.8 Å². The van der Waals surface area contributed by atoms with Crippen LogP contribution in [0.3, 0.4) is 0 Å². The number of amides is 1. The van der Waals surface area contributed by atoms with E-state index in [0.717, 1.165) is 52.5 Å². The summed E-state index contributed by atoms with van der Waals surface area (Å²) in [5.74, 6) is -4.12. The van der Waals surface area contributed by atoms with Gasteiger partial charge in [0.2, 0.25) is 5.78 Å². The lowest BCUT2D eigenvalue weighted by molar-refractivity contribution is 0.0221. The third-order valence-electron chi connectivity index (χ3n) is 8.04. The lowest BCUT2D eigenvalue weighted by Gasteiger charge is -2.37. The molecule has 1 amide bonds. The maximum absolute atomic E-state index is 14.2. The molecule has 220 valence electrons. The predicted octanol–water partition coefficient (Wildman–Crippen LogP) is 8.24. The first-order valence-corrected chi connectivity index (χ1v) is 15.2. The number of Topliss-reactive ketones (excluding diaryl/α,β-unsaturated/α-hetero) is 1. The molecule has 1 aliphatic carbocycles. The molecular formula is C33H33ClF2N2O3S. The van der Waals surface area contributed by atoms with Crippen LogP contribution in [0.2, 0.25) is 5.02 Å². The summed E-state index contributed by atoms with van der Waals surface area (Å²) in [5, 5.41) is 4.70. The van der Waals surface area contributed by atoms with Gasteiger partial charge < -0.3 is 15.0 Å². The lowest BCUT2D eigenvalue weighted by Crippen LogP contribution is -2.44. The monoisotopic (exact) mass is 610 g/mol. The van der Waals surface area contributed by atoms with Crippen LogP contribution < -0.4 is 10.1 Å². The van der Waals surface area contributed by atoms with Gasteiger partial charge in [-0.2, -0.15) is 8.78 Å². The van der Waals surface area contributed by atoms with E-state index in [1.807, 2.05) is 54.4 Å². The van der Waals surface area contributed by atoms with Gasteiger partial charge in [0.1, 0.15) is 10.6 Å². The molecule has 0 unspecified atom stereocenters. The summed E-state index contributed by atoms with van der Waals surface area (Å²) < 4.78 is 33.8. The highest BCUT2D eigenvalue weighted by Gasteiger charge is 2.34. The fourth-order valence-corrected chi connectivity index (χ4v) is 7.13. The number of hydrogen-bond acceptors (Lipinski definition) is 5. The third kappa shape index (κ3) is 6.21. The highest BCUT2D eigenvalue weighted by molar-refractivity contribution is 7.21. The van der Waals surface area contributed by atoms with Gasteiger partial charge in [-0.15, -0.1) is 11.3 Å². The van der Waals surface area contributed by atoms with E-state index >= 15 is 0 Å². The normalized spacial score (nSPS) is 17.3. The van der Waals surface area contributed by atoms with E-state index in [-0.39, 0.29) is 17.5 Å². The van der Waals surface area contributed by atoms with Crippen LogP contribution in [0, 0.1) is 0 Å². The zero-order valence-corrected chi connectivity index (χ0v) is 25.3. The summed E-state index contributed by atoms with van der Waals surface area (Å²) >= 11 is 8.18. The summed E-state index contributed by atoms with van der Waals surface area (Å²) in [6.45, 7) is 0.914. The van der Waals surface area contributed by atoms with Gasteiger partial charge in [-0.25, -0.2) is 0 Å². The molecule has 1 aliphatic rings. The number of thiophene rings is 1. The fourth-order valence-electron chi connectivity index (χ4n) is 5.66. The molecule has 1 N–H and O–H groups in total. The number of hydrogen-bond donors (Lipinski definition) is 1. The van der Waals surface area contributed by atoms with Gasteiger partial charge in [0.15, 0.2) is 0 Å². The van der Waals surface area contributed by atoms with E-state index < -0.39 is 11.7 Å². The first-order valence-electron chi connectivity index (χ1n) is 14.0. The molecule has 3 aromatic carbocycles. The minimum Gasteiger partial charge on any atom is -0.496 e. The molecule has 0 radical (unpaired) electrons. The Hall–Kier alpha value is -3.33. The Morgan fingerprint density at radius 3 is 2.31 bits per heavy atom. The van der Waals surface area contributed by atoms with Gasteiger partial charge in [-0.1, -0.05) is 60.1 Å². The third-order valence-corrected chi connectivity index (χ3v) is 9.70. The van der Waals surface area contributed by atoms with Gasteiger partial charge in [-0.05, 0) is 62.1 Å². The summed E-state index contributed by atoms with van der Waals surface area (Å²) in [6, 6.07) is 20.0. The van der Waals surface area contributed by atoms with Crippen LogP contribution in [0.5, 0.6) is 5.75 Å². The Morgan fingerprint density at radius 2 is 1.69 bits per heavy atom. The number of nitrogens with zero attached hydrogens (tertiary/aromatic N) is 1. The molecular weight excluding hydrogens is 578 g/mol. The minimum absolute atomic E-state index is 0.0257. The highest BCUT2D eigenvalue weighted by Crippen LogP contribution is 2.38. The average molecular weight is 611 g/mol. The van der Waals surface area contributed by atoms with Crippen molar-refractivity contribution in [1.29, 1.82) is 0 Å². The van der Waals surface area contributed by atoms with Crippen LogP contribution in [0.1, 0.15) is 58.2 Å². The Balaban J connectivity index is 1.49. The fraction of sp³-hybridized carbons (Fsp3) is 0.333. The zero-order valence-electron chi connectivity index (χ0n) is 23.8. The first kappa shape index (κ1) is 30.1. The quantitative estimate of drug-likeness (QED) is 0.194. The van der Waals surface area contributed by atoms with Gasteiger partial charge >= 0.3 is 5.92 Å². The molecule has 5 nitrogen and oxygen atoms in total. The second kappa shape index (κ2) is 12.5. The number of rotatable bonds is 9. The van der Waals surface area contributed by atoms with E-state index in [0.29, 0.717) is 35.2 Å². The van der Waals surface area contributed by atoms with Crippen molar-refractivity contribution in [2.24, 2.45) is 0 Å². The van der Waals surface area contributed by atoms with Crippen LogP contribution in [-0.2, 0) is 6.54 Å². The molecule has 1 saturated carbocycles. The van der Waals surface area contributed by atoms with E-state index in [1.165, 1.54) is 23.5 Å². The lowest BCUT2D eigenvalue weighted by atomic mass is 9.89. The van der Waals surface area contributed by atoms with Crippen molar-refractivity contribution < 1.29 is 23.1 Å². The molecule has 0 saturated heterocycles. The van der Waals surface area contributed by atoms with Crippen molar-refractivity contribution in [2.75, 3.05) is 14.2 Å². The molecule has 0 atom stereocenters. The molecule has 5 rings (SSSR count). The first-order chi connectivity index (χ1) is 20.1. The molecule has 0 spiro atoms. The largest absolute Gasteiger partial charge is 0.496 e. The summed E-state index contributed by atoms with van der Waals surface area (Å²) in [6.07, 6.45) is 3.65. The second-order valence-electron chi connectivity index (χ2n) is 10.8. The van der Waals surface area contributed by atoms with Gasteiger partial charge in [-0.3, -0.25) is 9.59 Å². The molecule has 0 bridgehead atoms. The number of benzene rings is 3. The van der Waals surface area contributed by atoms with E-state index in [9.17, 15) is 18.4 Å². The number of nitrogens with one attached hydrogen (secondary N) is 1. The molecule has 9 heteroatoms. The molecule has 1 heterocycles. The van der Waals surface area contributed by atoms with Crippen molar-refractivity contribution in [3.8, 4) is 16.9 Å². The van der Waals surface area contributed by atoms with Gasteiger partial charge in [0.25, 0.3) is 5.91 Å². The number of carbonyl (C=O) groups excluding carboxylic acids is 2. The summed E-state index contributed by atoms with van der Waals surface area (Å²) in [7, 11) is 3.56. The number of ether oxygens (including phenoxy) is 1. The number of fused-ring (bicyclic) bond motifs is 1. The Labute approximate surface area is 253 Å². The van der Waals surface area contributed by atoms with Crippen molar-refractivity contribution in [2.45, 2.75) is 57.2 Å². The SMILES string of the molecule is CNC1CCC(N(Cc2cc(-c3ccc(C(=O)C(C)(F)F)cc3)ccc2OC)C(=O)c2sc3ccccc3c2Cl)CC1. The smallest absolute Gasteiger partial charge is 0.307 e. The molecule has 42 heavy (non-hydrogen) atoms. The van der Waals surface area contributed by atoms with Gasteiger partial charge in [0, 0.05) is 46.8 Å². The minimum atomic E-state index is -3.44. The molecule has 0 aliphatic heterocycles. The molecule has 1 fully saturated rings. The summed E-state index contributed by atoms with van der Waals surface area (Å²) in [4.78, 5) is 28.7. The second-order valence-corrected chi connectivity index (χ2v) is 12.2. The molecule has 1 aromatic heterocycles. The molecule has 4 aromatic rings. The predicted molar refractivity (Wildman–Crippen MR) is 165 cm³/mol. The topological polar surface area (TPSA) is 58.6 Å². The van der Waals surface area contributed by atoms with Crippen LogP contribution in [0.25, 0.3) is 21.2 Å². The number of carbonyl (C=O) groups is 2.